The van der Waals surface area contributed by atoms with Crippen LogP contribution in [0, 0.1) is 0 Å². The Hall–Kier alpha value is -5.32. The fraction of sp³-hybridized carbons (Fsp3) is 0.294. The summed E-state index contributed by atoms with van der Waals surface area (Å²) in [6, 6.07) is 10.1. The van der Waals surface area contributed by atoms with Crippen LogP contribution in [-0.2, 0) is 4.79 Å². The number of carbonyl (C=O) groups excluding carboxylic acids is 1. The number of aliphatic carboxylic acids is 1. The molecule has 0 radical (unpaired) electrons. The third-order valence-electron chi connectivity index (χ3n) is 7.54. The number of carboxylic acid groups (broad SMARTS) is 1. The summed E-state index contributed by atoms with van der Waals surface area (Å²) in [4.78, 5) is 23.9. The zero-order valence-electron chi connectivity index (χ0n) is 25.7. The number of rotatable bonds is 6. The van der Waals surface area contributed by atoms with Crippen LogP contribution in [0.3, 0.4) is 0 Å². The second kappa shape index (κ2) is 12.4. The topological polar surface area (TPSA) is 139 Å². The number of phenolic OH excluding ortho intramolecular Hbond substituents is 1. The molecule has 11 heteroatoms. The van der Waals surface area contributed by atoms with E-state index < -0.39 is 23.6 Å². The molecule has 236 valence electrons. The molecule has 3 aliphatic heterocycles. The van der Waals surface area contributed by atoms with E-state index in [0.717, 1.165) is 11.6 Å². The summed E-state index contributed by atoms with van der Waals surface area (Å²) in [6.07, 6.45) is 5.79. The molecule has 2 atom stereocenters. The predicted molar refractivity (Wildman–Crippen MR) is 165 cm³/mol. The molecule has 0 spiro atoms. The second-order valence-electron chi connectivity index (χ2n) is 10.9. The maximum Gasteiger partial charge on any atom is 0.328 e. The molecule has 0 aromatic heterocycles. The molecule has 3 heterocycles. The van der Waals surface area contributed by atoms with Gasteiger partial charge in [-0.05, 0) is 55.8 Å². The highest BCUT2D eigenvalue weighted by atomic mass is 16.5. The van der Waals surface area contributed by atoms with Gasteiger partial charge in [-0.2, -0.15) is 0 Å². The number of ether oxygens (including phenoxy) is 7. The lowest BCUT2D eigenvalue weighted by Crippen LogP contribution is -2.43. The van der Waals surface area contributed by atoms with Crippen LogP contribution in [0.5, 0.6) is 46.0 Å². The number of carboxylic acids is 1. The Balaban J connectivity index is 0.000000226. The minimum atomic E-state index is -0.982. The summed E-state index contributed by atoms with van der Waals surface area (Å²) in [6.45, 7) is 4.02. The van der Waals surface area contributed by atoms with Crippen LogP contribution in [0.4, 0.5) is 0 Å². The van der Waals surface area contributed by atoms with E-state index in [1.807, 2.05) is 26.0 Å². The number of hydrogen-bond acceptors (Lipinski definition) is 10. The van der Waals surface area contributed by atoms with E-state index in [2.05, 4.69) is 0 Å². The van der Waals surface area contributed by atoms with Crippen LogP contribution in [-0.4, -0.2) is 68.7 Å². The van der Waals surface area contributed by atoms with Crippen LogP contribution < -0.4 is 33.2 Å². The van der Waals surface area contributed by atoms with Crippen LogP contribution in [0.15, 0.2) is 48.6 Å². The summed E-state index contributed by atoms with van der Waals surface area (Å²) < 4.78 is 38.9. The molecule has 45 heavy (non-hydrogen) atoms. The Kier molecular flexibility index (Phi) is 8.54. The molecule has 0 aliphatic carbocycles. The van der Waals surface area contributed by atoms with Crippen molar-refractivity contribution in [2.24, 2.45) is 0 Å². The van der Waals surface area contributed by atoms with E-state index in [1.165, 1.54) is 26.4 Å². The van der Waals surface area contributed by atoms with Crippen LogP contribution in [0.25, 0.3) is 12.2 Å². The summed E-state index contributed by atoms with van der Waals surface area (Å²) in [7, 11) is 6.15. The van der Waals surface area contributed by atoms with Crippen molar-refractivity contribution in [3.05, 3.63) is 70.8 Å². The lowest BCUT2D eigenvalue weighted by atomic mass is 9.80. The molecule has 0 amide bonds. The van der Waals surface area contributed by atoms with E-state index in [1.54, 1.807) is 44.6 Å². The third-order valence-corrected chi connectivity index (χ3v) is 7.54. The summed E-state index contributed by atoms with van der Waals surface area (Å²) in [5, 5.41) is 19.2. The number of Topliss-reactive ketones (excluding diaryl/α,β-unsaturated/α-hetero) is 1. The van der Waals surface area contributed by atoms with Gasteiger partial charge in [0.2, 0.25) is 0 Å². The summed E-state index contributed by atoms with van der Waals surface area (Å²) in [5.74, 6) is 1.55. The van der Waals surface area contributed by atoms with Gasteiger partial charge in [-0.3, -0.25) is 4.79 Å². The lowest BCUT2D eigenvalue weighted by Gasteiger charge is -2.39. The van der Waals surface area contributed by atoms with Gasteiger partial charge in [0.1, 0.15) is 46.9 Å². The molecule has 6 rings (SSSR count). The molecule has 3 aromatic carbocycles. The van der Waals surface area contributed by atoms with Gasteiger partial charge < -0.3 is 43.4 Å². The first-order valence-corrected chi connectivity index (χ1v) is 14.0. The number of hydrogen-bond donors (Lipinski definition) is 2. The highest BCUT2D eigenvalue weighted by Gasteiger charge is 2.46. The van der Waals surface area contributed by atoms with Gasteiger partial charge >= 0.3 is 5.97 Å². The number of methoxy groups -OCH3 is 4. The summed E-state index contributed by atoms with van der Waals surface area (Å²) in [5.41, 5.74) is 1.68. The average Bonchev–Trinajstić information content (AvgIpc) is 3.02. The minimum Gasteiger partial charge on any atom is -0.507 e. The van der Waals surface area contributed by atoms with E-state index in [9.17, 15) is 14.7 Å². The number of phenols is 1. The van der Waals surface area contributed by atoms with Gasteiger partial charge in [0.15, 0.2) is 28.8 Å². The van der Waals surface area contributed by atoms with Gasteiger partial charge in [-0.25, -0.2) is 4.79 Å². The number of benzene rings is 3. The third kappa shape index (κ3) is 6.06. The molecule has 2 unspecified atom stereocenters. The Morgan fingerprint density at radius 3 is 2.27 bits per heavy atom. The van der Waals surface area contributed by atoms with Crippen molar-refractivity contribution in [2.45, 2.75) is 31.5 Å². The van der Waals surface area contributed by atoms with E-state index in [0.29, 0.717) is 51.4 Å². The van der Waals surface area contributed by atoms with Crippen molar-refractivity contribution < 1.29 is 53.0 Å². The number of fused-ring (bicyclic) bond motifs is 6. The first kappa shape index (κ1) is 31.1. The molecule has 0 saturated carbocycles. The molecule has 3 aliphatic rings. The van der Waals surface area contributed by atoms with E-state index >= 15 is 0 Å². The first-order valence-electron chi connectivity index (χ1n) is 14.0. The predicted octanol–water partition coefficient (Wildman–Crippen LogP) is 5.52. The van der Waals surface area contributed by atoms with E-state index in [4.69, 9.17) is 38.3 Å². The number of carbonyl (C=O) groups is 2. The van der Waals surface area contributed by atoms with Crippen molar-refractivity contribution in [1.29, 1.82) is 0 Å². The van der Waals surface area contributed by atoms with Gasteiger partial charge in [-0.1, -0.05) is 6.07 Å². The summed E-state index contributed by atoms with van der Waals surface area (Å²) >= 11 is 0. The molecule has 0 fully saturated rings. The molecule has 11 nitrogen and oxygen atoms in total. The minimum absolute atomic E-state index is 0.158. The monoisotopic (exact) mass is 618 g/mol. The average molecular weight is 619 g/mol. The van der Waals surface area contributed by atoms with Crippen LogP contribution >= 0.6 is 0 Å². The molecule has 3 aromatic rings. The molecule has 2 N–H and O–H groups in total. The SMILES string of the molecule is COc1cc2c(cc1OC)C1C(=O)c3c(O)cc4c(c3OC1CO2)C=CC(C)(C)O4.COc1ccc(C=CC(=O)O)cc1OC. The van der Waals surface area contributed by atoms with Gasteiger partial charge in [-0.15, -0.1) is 0 Å². The van der Waals surface area contributed by atoms with Gasteiger partial charge in [0, 0.05) is 23.8 Å². The Bertz CT molecular complexity index is 1700. The van der Waals surface area contributed by atoms with Gasteiger partial charge in [0.05, 0.1) is 39.9 Å². The maximum atomic E-state index is 13.6. The highest BCUT2D eigenvalue weighted by molar-refractivity contribution is 6.08. The van der Waals surface area contributed by atoms with Crippen molar-refractivity contribution in [3.63, 3.8) is 0 Å². The van der Waals surface area contributed by atoms with Crippen molar-refractivity contribution >= 4 is 23.9 Å². The molecular weight excluding hydrogens is 584 g/mol. The smallest absolute Gasteiger partial charge is 0.328 e. The van der Waals surface area contributed by atoms with Crippen molar-refractivity contribution in [1.82, 2.24) is 0 Å². The van der Waals surface area contributed by atoms with Gasteiger partial charge in [0.25, 0.3) is 0 Å². The standard InChI is InChI=1S/C23H22O7.C11H12O4/c1-23(2)6-5-11-15(30-23)8-13(24)20-21(25)19-12-7-16(26-3)17(27-4)9-14(12)28-10-18(19)29-22(11)20;1-14-9-5-3-8(4-6-11(12)13)7-10(9)15-2/h5-9,18-19,24H,10H2,1-4H3;3-7H,1-2H3,(H,12,13). The van der Waals surface area contributed by atoms with Crippen LogP contribution in [0.1, 0.15) is 46.8 Å². The Labute approximate surface area is 260 Å². The second-order valence-corrected chi connectivity index (χ2v) is 10.9. The van der Waals surface area contributed by atoms with Crippen molar-refractivity contribution in [2.75, 3.05) is 35.0 Å². The first-order chi connectivity index (χ1) is 21.5. The highest BCUT2D eigenvalue weighted by Crippen LogP contribution is 2.52. The zero-order valence-corrected chi connectivity index (χ0v) is 25.7. The number of ketones is 1. The van der Waals surface area contributed by atoms with Crippen LogP contribution in [0.2, 0.25) is 0 Å². The lowest BCUT2D eigenvalue weighted by molar-refractivity contribution is -0.131. The Morgan fingerprint density at radius 2 is 1.60 bits per heavy atom. The largest absolute Gasteiger partial charge is 0.507 e. The fourth-order valence-electron chi connectivity index (χ4n) is 5.40. The fourth-order valence-corrected chi connectivity index (χ4v) is 5.40. The van der Waals surface area contributed by atoms with Crippen molar-refractivity contribution in [3.8, 4) is 46.0 Å². The molecule has 0 bridgehead atoms. The quantitative estimate of drug-likeness (QED) is 0.338. The zero-order chi connectivity index (χ0) is 32.5. The van der Waals surface area contributed by atoms with E-state index in [-0.39, 0.29) is 23.7 Å². The maximum absolute atomic E-state index is 13.6. The normalized spacial score (nSPS) is 18.3. The number of aromatic hydroxyl groups is 1. The Morgan fingerprint density at radius 1 is 0.933 bits per heavy atom. The molecule has 0 saturated heterocycles. The molecular formula is C34H34O11.